The number of Topliss-reactive ketones (excluding diaryl/α,β-unsaturated/α-hetero) is 1. The van der Waals surface area contributed by atoms with Crippen LogP contribution >= 0.6 is 11.6 Å². The van der Waals surface area contributed by atoms with E-state index in [0.29, 0.717) is 10.6 Å². The molecule has 29 heavy (non-hydrogen) atoms. The molecule has 0 radical (unpaired) electrons. The fraction of sp³-hybridized carbons (Fsp3) is 0.333. The van der Waals surface area contributed by atoms with Gasteiger partial charge in [-0.25, -0.2) is 0 Å². The van der Waals surface area contributed by atoms with Gasteiger partial charge in [0.1, 0.15) is 5.76 Å². The first kappa shape index (κ1) is 19.7. The Hall–Kier alpha value is -2.59. The topological polar surface area (TPSA) is 57.6 Å². The lowest BCUT2D eigenvalue weighted by molar-refractivity contribution is -0.141. The molecule has 1 aliphatic heterocycles. The summed E-state index contributed by atoms with van der Waals surface area (Å²) < 4.78 is 0. The van der Waals surface area contributed by atoms with Gasteiger partial charge in [-0.05, 0) is 42.5 Å². The Bertz CT molecular complexity index is 974. The molecule has 0 spiro atoms. The van der Waals surface area contributed by atoms with E-state index < -0.39 is 17.7 Å². The maximum absolute atomic E-state index is 13.0. The standard InChI is InChI=1S/C24H24ClNO3/c1-2-15-10-12-16(13-11-15)21-20(22(27)17-6-5-7-18(25)14-17)23(28)24(29)26(21)19-8-3-4-9-19/h5-7,10-14,19,21,27H,2-4,8-9H2,1H3/b22-20-. The molecule has 4 nitrogen and oxygen atoms in total. The van der Waals surface area contributed by atoms with Crippen molar-refractivity contribution in [3.8, 4) is 0 Å². The number of nitrogens with zero attached hydrogens (tertiary/aromatic N) is 1. The summed E-state index contributed by atoms with van der Waals surface area (Å²) in [5, 5.41) is 11.5. The maximum Gasteiger partial charge on any atom is 0.295 e. The SMILES string of the molecule is CCc1ccc(C2/C(=C(/O)c3cccc(Cl)c3)C(=O)C(=O)N2C2CCCC2)cc1. The summed E-state index contributed by atoms with van der Waals surface area (Å²) in [6.07, 6.45) is 4.76. The van der Waals surface area contributed by atoms with Crippen molar-refractivity contribution in [3.05, 3.63) is 75.8 Å². The van der Waals surface area contributed by atoms with Crippen molar-refractivity contribution in [2.75, 3.05) is 0 Å². The predicted octanol–water partition coefficient (Wildman–Crippen LogP) is 5.27. The third-order valence-corrected chi connectivity index (χ3v) is 6.24. The number of hydrogen-bond acceptors (Lipinski definition) is 3. The van der Waals surface area contributed by atoms with Gasteiger partial charge in [-0.1, -0.05) is 67.8 Å². The molecule has 0 bridgehead atoms. The second kappa shape index (κ2) is 8.03. The number of ketones is 1. The van der Waals surface area contributed by atoms with E-state index in [1.807, 2.05) is 24.3 Å². The van der Waals surface area contributed by atoms with Crippen LogP contribution in [0, 0.1) is 0 Å². The number of hydrogen-bond donors (Lipinski definition) is 1. The molecule has 5 heteroatoms. The summed E-state index contributed by atoms with van der Waals surface area (Å²) in [4.78, 5) is 27.8. The van der Waals surface area contributed by atoms with Crippen LogP contribution in [0.2, 0.25) is 5.02 Å². The largest absolute Gasteiger partial charge is 0.507 e. The molecule has 1 atom stereocenters. The first-order chi connectivity index (χ1) is 14.0. The Kier molecular flexibility index (Phi) is 5.46. The number of amides is 1. The zero-order valence-electron chi connectivity index (χ0n) is 16.4. The van der Waals surface area contributed by atoms with Crippen molar-refractivity contribution in [2.45, 2.75) is 51.1 Å². The Balaban J connectivity index is 1.87. The van der Waals surface area contributed by atoms with E-state index in [1.54, 1.807) is 29.2 Å². The Morgan fingerprint density at radius 3 is 2.41 bits per heavy atom. The van der Waals surface area contributed by atoms with Crippen LogP contribution in [0.4, 0.5) is 0 Å². The van der Waals surface area contributed by atoms with Gasteiger partial charge in [0.25, 0.3) is 11.7 Å². The number of aliphatic hydroxyl groups excluding tert-OH is 1. The number of likely N-dealkylation sites (tertiary alicyclic amines) is 1. The fourth-order valence-electron chi connectivity index (χ4n) is 4.46. The fourth-order valence-corrected chi connectivity index (χ4v) is 4.65. The number of aryl methyl sites for hydroxylation is 1. The van der Waals surface area contributed by atoms with Crippen LogP contribution in [0.1, 0.15) is 55.3 Å². The van der Waals surface area contributed by atoms with Gasteiger partial charge in [0.15, 0.2) is 0 Å². The van der Waals surface area contributed by atoms with Gasteiger partial charge < -0.3 is 10.0 Å². The molecule has 1 aliphatic carbocycles. The molecule has 2 aliphatic rings. The van der Waals surface area contributed by atoms with E-state index >= 15 is 0 Å². The van der Waals surface area contributed by atoms with Crippen molar-refractivity contribution in [2.24, 2.45) is 0 Å². The van der Waals surface area contributed by atoms with E-state index in [1.165, 1.54) is 5.56 Å². The molecule has 1 heterocycles. The van der Waals surface area contributed by atoms with Gasteiger partial charge in [-0.2, -0.15) is 0 Å². The maximum atomic E-state index is 13.0. The quantitative estimate of drug-likeness (QED) is 0.425. The Morgan fingerprint density at radius 2 is 1.79 bits per heavy atom. The van der Waals surface area contributed by atoms with Crippen LogP contribution in [0.3, 0.4) is 0 Å². The van der Waals surface area contributed by atoms with Crippen LogP contribution < -0.4 is 0 Å². The molecule has 150 valence electrons. The van der Waals surface area contributed by atoms with E-state index in [2.05, 4.69) is 6.92 Å². The zero-order valence-corrected chi connectivity index (χ0v) is 17.2. The normalized spacial score (nSPS) is 21.9. The van der Waals surface area contributed by atoms with Crippen molar-refractivity contribution < 1.29 is 14.7 Å². The second-order valence-electron chi connectivity index (χ2n) is 7.75. The molecule has 4 rings (SSSR count). The van der Waals surface area contributed by atoms with Crippen molar-refractivity contribution in [1.29, 1.82) is 0 Å². The van der Waals surface area contributed by atoms with Crippen LogP contribution in [0.5, 0.6) is 0 Å². The molecule has 0 aromatic heterocycles. The number of carbonyl (C=O) groups is 2. The highest BCUT2D eigenvalue weighted by atomic mass is 35.5. The molecule has 2 aromatic carbocycles. The summed E-state index contributed by atoms with van der Waals surface area (Å²) in [6.45, 7) is 2.08. The lowest BCUT2D eigenvalue weighted by Crippen LogP contribution is -2.37. The smallest absolute Gasteiger partial charge is 0.295 e. The third kappa shape index (κ3) is 3.58. The molecular weight excluding hydrogens is 386 g/mol. The summed E-state index contributed by atoms with van der Waals surface area (Å²) in [5.74, 6) is -1.32. The van der Waals surface area contributed by atoms with Crippen LogP contribution in [0.25, 0.3) is 5.76 Å². The van der Waals surface area contributed by atoms with Crippen LogP contribution in [0.15, 0.2) is 54.1 Å². The number of benzene rings is 2. The lowest BCUT2D eigenvalue weighted by Gasteiger charge is -2.30. The minimum absolute atomic E-state index is 0.0203. The summed E-state index contributed by atoms with van der Waals surface area (Å²) in [7, 11) is 0. The van der Waals surface area contributed by atoms with Crippen molar-refractivity contribution in [1.82, 2.24) is 4.90 Å². The number of aliphatic hydroxyl groups is 1. The number of rotatable bonds is 4. The van der Waals surface area contributed by atoms with Gasteiger partial charge in [0.05, 0.1) is 11.6 Å². The predicted molar refractivity (Wildman–Crippen MR) is 114 cm³/mol. The third-order valence-electron chi connectivity index (χ3n) is 6.00. The molecule has 1 amide bonds. The Labute approximate surface area is 175 Å². The number of halogens is 1. The Morgan fingerprint density at radius 1 is 1.10 bits per heavy atom. The minimum Gasteiger partial charge on any atom is -0.507 e. The average molecular weight is 410 g/mol. The van der Waals surface area contributed by atoms with E-state index in [9.17, 15) is 14.7 Å². The van der Waals surface area contributed by atoms with E-state index in [-0.39, 0.29) is 17.4 Å². The van der Waals surface area contributed by atoms with Gasteiger partial charge in [0.2, 0.25) is 0 Å². The van der Waals surface area contributed by atoms with Gasteiger partial charge in [-0.15, -0.1) is 0 Å². The molecule has 1 unspecified atom stereocenters. The molecule has 1 saturated heterocycles. The average Bonchev–Trinajstić information content (AvgIpc) is 3.35. The highest BCUT2D eigenvalue weighted by Crippen LogP contribution is 2.43. The minimum atomic E-state index is -0.626. The summed E-state index contributed by atoms with van der Waals surface area (Å²) >= 11 is 6.08. The van der Waals surface area contributed by atoms with Crippen molar-refractivity contribution in [3.63, 3.8) is 0 Å². The molecular formula is C24H24ClNO3. The van der Waals surface area contributed by atoms with E-state index in [0.717, 1.165) is 37.7 Å². The van der Waals surface area contributed by atoms with E-state index in [4.69, 9.17) is 11.6 Å². The lowest BCUT2D eigenvalue weighted by atomic mass is 9.94. The van der Waals surface area contributed by atoms with Gasteiger partial charge in [0, 0.05) is 16.6 Å². The van der Waals surface area contributed by atoms with Gasteiger partial charge >= 0.3 is 0 Å². The van der Waals surface area contributed by atoms with Crippen LogP contribution in [-0.4, -0.2) is 27.7 Å². The molecule has 2 fully saturated rings. The van der Waals surface area contributed by atoms with Gasteiger partial charge in [-0.3, -0.25) is 9.59 Å². The summed E-state index contributed by atoms with van der Waals surface area (Å²) in [5.41, 5.74) is 2.61. The van der Waals surface area contributed by atoms with Crippen molar-refractivity contribution >= 4 is 29.1 Å². The first-order valence-electron chi connectivity index (χ1n) is 10.2. The molecule has 1 saturated carbocycles. The first-order valence-corrected chi connectivity index (χ1v) is 10.5. The zero-order chi connectivity index (χ0) is 20.5. The highest BCUT2D eigenvalue weighted by molar-refractivity contribution is 6.46. The van der Waals surface area contributed by atoms with Crippen LogP contribution in [-0.2, 0) is 16.0 Å². The molecule has 2 aromatic rings. The second-order valence-corrected chi connectivity index (χ2v) is 8.19. The highest BCUT2D eigenvalue weighted by Gasteiger charge is 2.49. The molecule has 1 N–H and O–H groups in total. The summed E-state index contributed by atoms with van der Waals surface area (Å²) in [6, 6.07) is 14.1. The number of carbonyl (C=O) groups excluding carboxylic acids is 2. The monoisotopic (exact) mass is 409 g/mol.